The van der Waals surface area contributed by atoms with E-state index >= 15 is 0 Å². The summed E-state index contributed by atoms with van der Waals surface area (Å²) >= 11 is 0. The normalized spacial score (nSPS) is 19.2. The molecular weight excluding hydrogens is 362 g/mol. The molecule has 1 saturated heterocycles. The van der Waals surface area contributed by atoms with Crippen LogP contribution in [0.25, 0.3) is 0 Å². The third-order valence-corrected chi connectivity index (χ3v) is 5.51. The van der Waals surface area contributed by atoms with Gasteiger partial charge in [-0.05, 0) is 35.2 Å². The highest BCUT2D eigenvalue weighted by Crippen LogP contribution is 2.37. The lowest BCUT2D eigenvalue weighted by atomic mass is 9.92. The summed E-state index contributed by atoms with van der Waals surface area (Å²) in [6.45, 7) is 2.79. The Balaban J connectivity index is 1.45. The van der Waals surface area contributed by atoms with Crippen molar-refractivity contribution in [1.29, 1.82) is 0 Å². The topological polar surface area (TPSA) is 41.9 Å². The maximum atomic E-state index is 11.3. The molecule has 1 fully saturated rings. The van der Waals surface area contributed by atoms with Crippen LogP contribution in [0.3, 0.4) is 0 Å². The number of ether oxygens (including phenoxy) is 2. The highest BCUT2D eigenvalue weighted by molar-refractivity contribution is 5.45. The molecule has 4 rings (SSSR count). The SMILES string of the molecule is COc1cc(C2(O)CCN(Cc3ccccc3)C2)ccc1OCc1ccccc1. The summed E-state index contributed by atoms with van der Waals surface area (Å²) in [5, 5.41) is 11.3. The summed E-state index contributed by atoms with van der Waals surface area (Å²) in [6.07, 6.45) is 0.702. The van der Waals surface area contributed by atoms with Gasteiger partial charge in [0.1, 0.15) is 12.2 Å². The van der Waals surface area contributed by atoms with Crippen LogP contribution in [0.1, 0.15) is 23.1 Å². The molecule has 1 aliphatic rings. The lowest BCUT2D eigenvalue weighted by molar-refractivity contribution is 0.0450. The molecule has 29 heavy (non-hydrogen) atoms. The van der Waals surface area contributed by atoms with Crippen LogP contribution in [-0.4, -0.2) is 30.2 Å². The molecule has 1 unspecified atom stereocenters. The summed E-state index contributed by atoms with van der Waals surface area (Å²) in [4.78, 5) is 2.29. The van der Waals surface area contributed by atoms with Gasteiger partial charge in [-0.2, -0.15) is 0 Å². The van der Waals surface area contributed by atoms with Crippen LogP contribution in [0.5, 0.6) is 11.5 Å². The summed E-state index contributed by atoms with van der Waals surface area (Å²) in [6, 6.07) is 26.2. The average Bonchev–Trinajstić information content (AvgIpc) is 3.15. The Bertz CT molecular complexity index is 929. The quantitative estimate of drug-likeness (QED) is 0.652. The third kappa shape index (κ3) is 4.61. The standard InChI is InChI=1S/C25H27NO3/c1-28-24-16-22(12-13-23(24)29-18-21-10-6-3-7-11-21)25(27)14-15-26(19-25)17-20-8-4-2-5-9-20/h2-13,16,27H,14-15,17-19H2,1H3. The molecule has 1 heterocycles. The van der Waals surface area contributed by atoms with Crippen molar-refractivity contribution in [3.63, 3.8) is 0 Å². The second kappa shape index (κ2) is 8.68. The Hall–Kier alpha value is -2.82. The first-order valence-corrected chi connectivity index (χ1v) is 10.0. The van der Waals surface area contributed by atoms with Crippen LogP contribution in [0, 0.1) is 0 Å². The van der Waals surface area contributed by atoms with Crippen molar-refractivity contribution in [2.24, 2.45) is 0 Å². The van der Waals surface area contributed by atoms with E-state index in [9.17, 15) is 5.11 Å². The van der Waals surface area contributed by atoms with Crippen molar-refractivity contribution in [2.45, 2.75) is 25.2 Å². The zero-order chi connectivity index (χ0) is 20.1. The molecule has 150 valence electrons. The first-order chi connectivity index (χ1) is 14.2. The zero-order valence-corrected chi connectivity index (χ0v) is 16.8. The average molecular weight is 389 g/mol. The van der Waals surface area contributed by atoms with Gasteiger partial charge >= 0.3 is 0 Å². The number of hydrogen-bond acceptors (Lipinski definition) is 4. The van der Waals surface area contributed by atoms with Crippen molar-refractivity contribution >= 4 is 0 Å². The molecule has 0 amide bonds. The molecule has 1 N–H and O–H groups in total. The Morgan fingerprint density at radius 2 is 1.59 bits per heavy atom. The van der Waals surface area contributed by atoms with Gasteiger partial charge in [0, 0.05) is 19.6 Å². The number of hydrogen-bond donors (Lipinski definition) is 1. The van der Waals surface area contributed by atoms with Crippen LogP contribution in [-0.2, 0) is 18.8 Å². The molecule has 0 aliphatic carbocycles. The summed E-state index contributed by atoms with van der Waals surface area (Å²) in [5.74, 6) is 1.33. The van der Waals surface area contributed by atoms with Gasteiger partial charge < -0.3 is 14.6 Å². The third-order valence-electron chi connectivity index (χ3n) is 5.51. The largest absolute Gasteiger partial charge is 0.493 e. The molecule has 4 heteroatoms. The molecule has 0 saturated carbocycles. The maximum Gasteiger partial charge on any atom is 0.161 e. The van der Waals surface area contributed by atoms with Crippen molar-refractivity contribution in [2.75, 3.05) is 20.2 Å². The van der Waals surface area contributed by atoms with Gasteiger partial charge in [-0.25, -0.2) is 0 Å². The highest BCUT2D eigenvalue weighted by Gasteiger charge is 2.38. The minimum atomic E-state index is -0.875. The van der Waals surface area contributed by atoms with Crippen molar-refractivity contribution in [3.05, 3.63) is 95.6 Å². The first kappa shape index (κ1) is 19.5. The lowest BCUT2D eigenvalue weighted by Gasteiger charge is -2.25. The fraction of sp³-hybridized carbons (Fsp3) is 0.280. The minimum absolute atomic E-state index is 0.478. The number of methoxy groups -OCH3 is 1. The molecule has 3 aromatic carbocycles. The molecule has 0 aromatic heterocycles. The smallest absolute Gasteiger partial charge is 0.161 e. The number of nitrogens with zero attached hydrogens (tertiary/aromatic N) is 1. The molecule has 1 atom stereocenters. The number of likely N-dealkylation sites (tertiary alicyclic amines) is 1. The highest BCUT2D eigenvalue weighted by atomic mass is 16.5. The molecule has 4 nitrogen and oxygen atoms in total. The van der Waals surface area contributed by atoms with E-state index in [1.165, 1.54) is 5.56 Å². The number of rotatable bonds is 7. The van der Waals surface area contributed by atoms with Crippen LogP contribution in [0.4, 0.5) is 0 Å². The second-order valence-corrected chi connectivity index (χ2v) is 7.62. The summed E-state index contributed by atoms with van der Waals surface area (Å²) in [7, 11) is 1.63. The number of benzene rings is 3. The van der Waals surface area contributed by atoms with E-state index in [0.717, 1.165) is 24.2 Å². The van der Waals surface area contributed by atoms with Gasteiger partial charge in [0.25, 0.3) is 0 Å². The second-order valence-electron chi connectivity index (χ2n) is 7.62. The van der Waals surface area contributed by atoms with E-state index in [-0.39, 0.29) is 0 Å². The summed E-state index contributed by atoms with van der Waals surface area (Å²) in [5.41, 5.74) is 2.36. The predicted octanol–water partition coefficient (Wildman–Crippen LogP) is 4.37. The fourth-order valence-electron chi connectivity index (χ4n) is 3.89. The maximum absolute atomic E-state index is 11.3. The molecule has 0 bridgehead atoms. The Morgan fingerprint density at radius 3 is 2.28 bits per heavy atom. The van der Waals surface area contributed by atoms with E-state index in [2.05, 4.69) is 29.2 Å². The molecule has 0 spiro atoms. The predicted molar refractivity (Wildman–Crippen MR) is 114 cm³/mol. The van der Waals surface area contributed by atoms with Crippen LogP contribution >= 0.6 is 0 Å². The fourth-order valence-corrected chi connectivity index (χ4v) is 3.89. The van der Waals surface area contributed by atoms with Gasteiger partial charge in [0.05, 0.1) is 7.11 Å². The molecule has 3 aromatic rings. The van der Waals surface area contributed by atoms with Crippen LogP contribution in [0.2, 0.25) is 0 Å². The number of β-amino-alcohol motifs (C(OH)–C–C–N with tert-alkyl or cyclic N) is 1. The molecule has 0 radical (unpaired) electrons. The minimum Gasteiger partial charge on any atom is -0.493 e. The molecule has 1 aliphatic heterocycles. The van der Waals surface area contributed by atoms with Crippen molar-refractivity contribution in [1.82, 2.24) is 4.90 Å². The van der Waals surface area contributed by atoms with E-state index < -0.39 is 5.60 Å². The Morgan fingerprint density at radius 1 is 0.897 bits per heavy atom. The Kier molecular flexibility index (Phi) is 5.84. The van der Waals surface area contributed by atoms with E-state index in [0.29, 0.717) is 31.1 Å². The summed E-state index contributed by atoms with van der Waals surface area (Å²) < 4.78 is 11.5. The van der Waals surface area contributed by atoms with Crippen molar-refractivity contribution in [3.8, 4) is 11.5 Å². The van der Waals surface area contributed by atoms with E-state index in [4.69, 9.17) is 9.47 Å². The van der Waals surface area contributed by atoms with Gasteiger partial charge in [-0.15, -0.1) is 0 Å². The van der Waals surface area contributed by atoms with Crippen LogP contribution in [0.15, 0.2) is 78.9 Å². The monoisotopic (exact) mass is 389 g/mol. The van der Waals surface area contributed by atoms with Gasteiger partial charge in [-0.1, -0.05) is 66.7 Å². The van der Waals surface area contributed by atoms with Gasteiger partial charge in [-0.3, -0.25) is 4.90 Å². The first-order valence-electron chi connectivity index (χ1n) is 10.0. The molecular formula is C25H27NO3. The zero-order valence-electron chi connectivity index (χ0n) is 16.8. The number of aliphatic hydroxyl groups is 1. The Labute approximate surface area is 172 Å². The van der Waals surface area contributed by atoms with E-state index in [1.807, 2.05) is 54.6 Å². The lowest BCUT2D eigenvalue weighted by Crippen LogP contribution is -2.30. The van der Waals surface area contributed by atoms with Gasteiger partial charge in [0.2, 0.25) is 0 Å². The van der Waals surface area contributed by atoms with Gasteiger partial charge in [0.15, 0.2) is 11.5 Å². The van der Waals surface area contributed by atoms with E-state index in [1.54, 1.807) is 7.11 Å². The van der Waals surface area contributed by atoms with Crippen molar-refractivity contribution < 1.29 is 14.6 Å². The van der Waals surface area contributed by atoms with Crippen LogP contribution < -0.4 is 9.47 Å².